The second-order valence-corrected chi connectivity index (χ2v) is 15.0. The number of hydrogen-bond donors (Lipinski definition) is 4. The van der Waals surface area contributed by atoms with Crippen molar-refractivity contribution in [2.24, 2.45) is 11.8 Å². The molecule has 250 valence electrons. The highest BCUT2D eigenvalue weighted by Gasteiger charge is 2.35. The van der Waals surface area contributed by atoms with Crippen LogP contribution in [0.25, 0.3) is 0 Å². The van der Waals surface area contributed by atoms with Gasteiger partial charge in [0.2, 0.25) is 11.8 Å². The highest BCUT2D eigenvalue weighted by Crippen LogP contribution is 2.28. The summed E-state index contributed by atoms with van der Waals surface area (Å²) in [4.78, 5) is 29.5. The van der Waals surface area contributed by atoms with Crippen molar-refractivity contribution in [2.75, 3.05) is 44.4 Å². The Labute approximate surface area is 264 Å². The third kappa shape index (κ3) is 12.4. The topological polar surface area (TPSA) is 145 Å². The highest BCUT2D eigenvalue weighted by atomic mass is 32.2. The van der Waals surface area contributed by atoms with Gasteiger partial charge in [-0.3, -0.25) is 14.5 Å². The summed E-state index contributed by atoms with van der Waals surface area (Å²) in [5, 5.41) is 28.3. The Kier molecular flexibility index (Phi) is 15.6. The van der Waals surface area contributed by atoms with E-state index in [9.17, 15) is 28.2 Å². The number of benzene rings is 1. The highest BCUT2D eigenvalue weighted by molar-refractivity contribution is 7.91. The quantitative estimate of drug-likeness (QED) is 0.192. The molecule has 1 saturated heterocycles. The number of amides is 2. The molecular weight excluding hydrogens is 582 g/mol. The van der Waals surface area contributed by atoms with Gasteiger partial charge >= 0.3 is 0 Å². The Morgan fingerprint density at radius 3 is 2.32 bits per heavy atom. The number of carbonyl (C=O) groups excluding carboxylic acids is 2. The summed E-state index contributed by atoms with van der Waals surface area (Å²) in [5.74, 6) is -1.78. The number of carbonyl (C=O) groups is 2. The van der Waals surface area contributed by atoms with E-state index in [-0.39, 0.29) is 24.5 Å². The van der Waals surface area contributed by atoms with Crippen LogP contribution in [-0.4, -0.2) is 104 Å². The lowest BCUT2D eigenvalue weighted by molar-refractivity contribution is -0.132. The minimum atomic E-state index is -3.46. The van der Waals surface area contributed by atoms with E-state index in [1.165, 1.54) is 6.42 Å². The van der Waals surface area contributed by atoms with Crippen LogP contribution in [-0.2, 0) is 30.6 Å². The van der Waals surface area contributed by atoms with Crippen LogP contribution in [0.15, 0.2) is 30.3 Å². The zero-order chi connectivity index (χ0) is 32.0. The van der Waals surface area contributed by atoms with Gasteiger partial charge in [-0.2, -0.15) is 0 Å². The number of morpholine rings is 1. The Balaban J connectivity index is 1.76. The summed E-state index contributed by atoms with van der Waals surface area (Å²) in [6, 6.07) is 7.72. The molecule has 1 aliphatic heterocycles. The van der Waals surface area contributed by atoms with Gasteiger partial charge in [-0.1, -0.05) is 89.1 Å². The lowest BCUT2D eigenvalue weighted by atomic mass is 9.83. The monoisotopic (exact) mass is 637 g/mol. The second-order valence-electron chi connectivity index (χ2n) is 12.6. The van der Waals surface area contributed by atoms with Crippen LogP contribution in [0.5, 0.6) is 0 Å². The molecule has 1 saturated carbocycles. The smallest absolute Gasteiger partial charge is 0.242 e. The maximum Gasteiger partial charge on any atom is 0.242 e. The van der Waals surface area contributed by atoms with Crippen LogP contribution in [0.2, 0.25) is 0 Å². The number of rotatable bonds is 18. The number of β-amino-alcohol motifs (C(OH)–C–C–N with tert-alkyl or cyclic N) is 1. The Morgan fingerprint density at radius 2 is 1.68 bits per heavy atom. The molecule has 0 aromatic heterocycles. The van der Waals surface area contributed by atoms with E-state index in [0.717, 1.165) is 37.7 Å². The molecule has 11 heteroatoms. The van der Waals surface area contributed by atoms with E-state index in [0.29, 0.717) is 51.5 Å². The number of aliphatic hydroxyl groups is 2. The molecule has 44 heavy (non-hydrogen) atoms. The van der Waals surface area contributed by atoms with E-state index >= 15 is 0 Å². The van der Waals surface area contributed by atoms with Crippen LogP contribution in [0, 0.1) is 11.8 Å². The first-order valence-corrected chi connectivity index (χ1v) is 18.4. The molecule has 0 radical (unpaired) electrons. The molecule has 2 aliphatic rings. The van der Waals surface area contributed by atoms with Gasteiger partial charge < -0.3 is 25.6 Å². The third-order valence-corrected chi connectivity index (χ3v) is 10.9. The number of sulfone groups is 1. The Bertz CT molecular complexity index is 1090. The fourth-order valence-electron chi connectivity index (χ4n) is 6.29. The number of aliphatic hydroxyl groups excluding tert-OH is 2. The van der Waals surface area contributed by atoms with Crippen molar-refractivity contribution in [1.29, 1.82) is 0 Å². The minimum Gasteiger partial charge on any atom is -0.389 e. The Hall–Kier alpha value is -2.05. The van der Waals surface area contributed by atoms with E-state index in [1.807, 2.05) is 37.3 Å². The predicted octanol–water partition coefficient (Wildman–Crippen LogP) is 2.46. The van der Waals surface area contributed by atoms with Crippen molar-refractivity contribution < 1.29 is 33.0 Å². The van der Waals surface area contributed by atoms with Crippen molar-refractivity contribution in [3.8, 4) is 0 Å². The van der Waals surface area contributed by atoms with Gasteiger partial charge in [0, 0.05) is 25.4 Å². The summed E-state index contributed by atoms with van der Waals surface area (Å²) < 4.78 is 30.6. The van der Waals surface area contributed by atoms with Gasteiger partial charge in [0.15, 0.2) is 9.84 Å². The molecule has 2 amide bonds. The summed E-state index contributed by atoms with van der Waals surface area (Å²) >= 11 is 0. The number of ether oxygens (including phenoxy) is 1. The number of hydrogen-bond acceptors (Lipinski definition) is 8. The van der Waals surface area contributed by atoms with Crippen LogP contribution in [0.3, 0.4) is 0 Å². The zero-order valence-corrected chi connectivity index (χ0v) is 27.5. The van der Waals surface area contributed by atoms with Crippen molar-refractivity contribution in [3.63, 3.8) is 0 Å². The molecule has 3 rings (SSSR count). The fraction of sp³-hybridized carbons (Fsp3) is 0.758. The molecule has 0 bridgehead atoms. The van der Waals surface area contributed by atoms with Crippen molar-refractivity contribution in [3.05, 3.63) is 35.9 Å². The maximum absolute atomic E-state index is 13.8. The molecular formula is C33H55N3O7S. The lowest BCUT2D eigenvalue weighted by Gasteiger charge is -2.35. The number of unbranched alkanes of at least 4 members (excludes halogenated alkanes) is 1. The molecule has 0 unspecified atom stereocenters. The first kappa shape index (κ1) is 36.4. The predicted molar refractivity (Wildman–Crippen MR) is 172 cm³/mol. The normalized spacial score (nSPS) is 20.3. The van der Waals surface area contributed by atoms with E-state index in [2.05, 4.69) is 15.5 Å². The van der Waals surface area contributed by atoms with Gasteiger partial charge in [-0.25, -0.2) is 8.42 Å². The summed E-state index contributed by atoms with van der Waals surface area (Å²) in [7, 11) is -3.46. The van der Waals surface area contributed by atoms with E-state index < -0.39 is 51.9 Å². The average Bonchev–Trinajstić information content (AvgIpc) is 3.03. The Morgan fingerprint density at radius 1 is 1.00 bits per heavy atom. The molecule has 4 N–H and O–H groups in total. The number of nitrogens with one attached hydrogen (secondary N) is 2. The standard InChI is InChI=1S/C33H55N3O7S/c1-3-5-16-28(34-32(39)27(24-44(41,42)4-2)21-25-12-8-6-9-13-25)33(40)35-29(22-26-14-10-7-11-15-26)31(38)30(37)23-36-17-19-43-20-18-36/h6,8-9,12-13,26-31,37-38H,3-5,7,10-11,14-24H2,1-2H3,(H,34,39)(H,35,40)/t27-,28+,29+,30+,31-/m1/s1. The molecule has 5 atom stereocenters. The zero-order valence-electron chi connectivity index (χ0n) is 26.7. The third-order valence-electron chi connectivity index (χ3n) is 9.07. The molecule has 0 spiro atoms. The lowest BCUT2D eigenvalue weighted by Crippen LogP contribution is -2.57. The van der Waals surface area contributed by atoms with Gasteiger partial charge in [0.25, 0.3) is 0 Å². The minimum absolute atomic E-state index is 0.0706. The summed E-state index contributed by atoms with van der Waals surface area (Å²) in [6.45, 7) is 6.35. The van der Waals surface area contributed by atoms with E-state index in [4.69, 9.17) is 4.74 Å². The first-order chi connectivity index (χ1) is 21.1. The van der Waals surface area contributed by atoms with Crippen molar-refractivity contribution >= 4 is 21.7 Å². The first-order valence-electron chi connectivity index (χ1n) is 16.6. The van der Waals surface area contributed by atoms with Gasteiger partial charge in [-0.15, -0.1) is 0 Å². The number of nitrogens with zero attached hydrogens (tertiary/aromatic N) is 1. The summed E-state index contributed by atoms with van der Waals surface area (Å²) in [5.41, 5.74) is 0.846. The van der Waals surface area contributed by atoms with Crippen LogP contribution in [0.1, 0.15) is 77.2 Å². The molecule has 10 nitrogen and oxygen atoms in total. The van der Waals surface area contributed by atoms with Crippen molar-refractivity contribution in [1.82, 2.24) is 15.5 Å². The SMILES string of the molecule is CCCC[C@H](NC(=O)[C@H](Cc1ccccc1)CS(=O)(=O)CC)C(=O)N[C@@H](CC1CCCCC1)[C@@H](O)[C@@H](O)CN1CCOCC1. The molecule has 1 heterocycles. The molecule has 1 aromatic rings. The molecule has 2 fully saturated rings. The largest absolute Gasteiger partial charge is 0.389 e. The van der Waals surface area contributed by atoms with Crippen LogP contribution < -0.4 is 10.6 Å². The molecule has 1 aromatic carbocycles. The van der Waals surface area contributed by atoms with Gasteiger partial charge in [0.05, 0.1) is 37.0 Å². The van der Waals surface area contributed by atoms with Gasteiger partial charge in [0.1, 0.15) is 12.1 Å². The van der Waals surface area contributed by atoms with E-state index in [1.54, 1.807) is 6.92 Å². The maximum atomic E-state index is 13.8. The van der Waals surface area contributed by atoms with Crippen LogP contribution >= 0.6 is 0 Å². The van der Waals surface area contributed by atoms with Crippen molar-refractivity contribution in [2.45, 2.75) is 102 Å². The average molecular weight is 638 g/mol. The van der Waals surface area contributed by atoms with Crippen LogP contribution in [0.4, 0.5) is 0 Å². The van der Waals surface area contributed by atoms with Gasteiger partial charge in [-0.05, 0) is 30.7 Å². The molecule has 1 aliphatic carbocycles. The summed E-state index contributed by atoms with van der Waals surface area (Å²) in [6.07, 6.45) is 5.86. The second kappa shape index (κ2) is 18.8. The fourth-order valence-corrected chi connectivity index (χ4v) is 7.41.